The molecule has 28 heavy (non-hydrogen) atoms. The van der Waals surface area contributed by atoms with Gasteiger partial charge in [-0.15, -0.1) is 0 Å². The van der Waals surface area contributed by atoms with Crippen LogP contribution in [0.2, 0.25) is 0 Å². The normalized spacial score (nSPS) is 15.0. The van der Waals surface area contributed by atoms with Gasteiger partial charge < -0.3 is 19.3 Å². The average molecular weight is 394 g/mol. The number of hydrogen-bond acceptors (Lipinski definition) is 3. The molecular formula is C22H19FN2O2S. The number of halogens is 1. The van der Waals surface area contributed by atoms with Gasteiger partial charge in [0.05, 0.1) is 12.2 Å². The lowest BCUT2D eigenvalue weighted by atomic mass is 10.1. The van der Waals surface area contributed by atoms with Gasteiger partial charge in [-0.05, 0) is 60.5 Å². The average Bonchev–Trinajstić information content (AvgIpc) is 3.03. The quantitative estimate of drug-likeness (QED) is 0.506. The Morgan fingerprint density at radius 2 is 1.96 bits per heavy atom. The van der Waals surface area contributed by atoms with Crippen molar-refractivity contribution in [2.24, 2.45) is 0 Å². The van der Waals surface area contributed by atoms with Crippen LogP contribution in [0.4, 0.5) is 4.39 Å². The number of aryl methyl sites for hydroxylation is 1. The van der Waals surface area contributed by atoms with E-state index in [2.05, 4.69) is 4.57 Å². The summed E-state index contributed by atoms with van der Waals surface area (Å²) in [6, 6.07) is 15.1. The van der Waals surface area contributed by atoms with Gasteiger partial charge in [-0.3, -0.25) is 0 Å². The molecule has 1 N–H and O–H groups in total. The summed E-state index contributed by atoms with van der Waals surface area (Å²) in [6.07, 6.45) is 3.67. The van der Waals surface area contributed by atoms with E-state index in [0.717, 1.165) is 27.5 Å². The number of aromatic nitrogens is 1. The van der Waals surface area contributed by atoms with E-state index in [1.54, 1.807) is 36.6 Å². The van der Waals surface area contributed by atoms with Crippen molar-refractivity contribution in [1.29, 1.82) is 0 Å². The molecule has 142 valence electrons. The highest BCUT2D eigenvalue weighted by Crippen LogP contribution is 2.31. The summed E-state index contributed by atoms with van der Waals surface area (Å²) in [5, 5.41) is 9.45. The molecule has 6 heteroatoms. The minimum absolute atomic E-state index is 0.177. The molecule has 0 atom stereocenters. The molecule has 0 saturated heterocycles. The Morgan fingerprint density at radius 3 is 2.71 bits per heavy atom. The van der Waals surface area contributed by atoms with Crippen molar-refractivity contribution in [3.05, 3.63) is 89.7 Å². The Morgan fingerprint density at radius 1 is 1.18 bits per heavy atom. The molecule has 0 aliphatic carbocycles. The number of thiocarbonyl (C=S) groups is 1. The van der Waals surface area contributed by atoms with Crippen LogP contribution in [-0.2, 0) is 13.1 Å². The lowest BCUT2D eigenvalue weighted by Gasteiger charge is -2.34. The fourth-order valence-corrected chi connectivity index (χ4v) is 3.62. The van der Waals surface area contributed by atoms with Crippen LogP contribution < -0.4 is 4.74 Å². The number of benzene rings is 2. The van der Waals surface area contributed by atoms with E-state index in [-0.39, 0.29) is 11.6 Å². The Hall–Kier alpha value is -3.12. The van der Waals surface area contributed by atoms with Crippen molar-refractivity contribution < 1.29 is 14.2 Å². The third-order valence-electron chi connectivity index (χ3n) is 4.68. The van der Waals surface area contributed by atoms with Crippen LogP contribution in [0.15, 0.2) is 67.1 Å². The minimum Gasteiger partial charge on any atom is -0.508 e. The standard InChI is InChI=1S/C22H19FN2O2S/c1-15-9-10-24-13-21(28)25(12-16-3-2-4-17(23)11-16)20(22(15)24)14-27-19-7-5-18(26)6-8-19/h2-11,14,26H,12-13H2,1H3. The lowest BCUT2D eigenvalue weighted by molar-refractivity contribution is 0.450. The molecule has 0 amide bonds. The van der Waals surface area contributed by atoms with Crippen LogP contribution in [0, 0.1) is 12.7 Å². The molecule has 0 unspecified atom stereocenters. The lowest BCUT2D eigenvalue weighted by Crippen LogP contribution is -2.36. The molecular weight excluding hydrogens is 375 g/mol. The molecule has 0 spiro atoms. The number of phenols is 1. The van der Waals surface area contributed by atoms with Crippen molar-refractivity contribution in [3.8, 4) is 11.5 Å². The monoisotopic (exact) mass is 394 g/mol. The van der Waals surface area contributed by atoms with Gasteiger partial charge in [0.2, 0.25) is 0 Å². The van der Waals surface area contributed by atoms with Gasteiger partial charge in [0.15, 0.2) is 0 Å². The molecule has 2 heterocycles. The summed E-state index contributed by atoms with van der Waals surface area (Å²) in [7, 11) is 0. The van der Waals surface area contributed by atoms with Crippen molar-refractivity contribution in [3.63, 3.8) is 0 Å². The Balaban J connectivity index is 1.72. The smallest absolute Gasteiger partial charge is 0.126 e. The van der Waals surface area contributed by atoms with Crippen LogP contribution in [0.3, 0.4) is 0 Å². The van der Waals surface area contributed by atoms with E-state index in [9.17, 15) is 9.50 Å². The maximum Gasteiger partial charge on any atom is 0.126 e. The molecule has 0 fully saturated rings. The zero-order valence-corrected chi connectivity index (χ0v) is 16.1. The number of aromatic hydroxyl groups is 1. The minimum atomic E-state index is -0.272. The summed E-state index contributed by atoms with van der Waals surface area (Å²) in [5.41, 5.74) is 3.77. The second-order valence-corrected chi connectivity index (χ2v) is 7.17. The van der Waals surface area contributed by atoms with Crippen molar-refractivity contribution in [1.82, 2.24) is 9.47 Å². The SMILES string of the molecule is Cc1ccn2c1C(=COc1ccc(O)cc1)N(Cc1cccc(F)c1)C(=S)C2. The van der Waals surface area contributed by atoms with E-state index in [4.69, 9.17) is 17.0 Å². The van der Waals surface area contributed by atoms with Gasteiger partial charge in [0, 0.05) is 12.7 Å². The highest BCUT2D eigenvalue weighted by Gasteiger charge is 2.27. The van der Waals surface area contributed by atoms with Crippen LogP contribution in [-0.4, -0.2) is 19.6 Å². The highest BCUT2D eigenvalue weighted by molar-refractivity contribution is 7.80. The fraction of sp³-hybridized carbons (Fsp3) is 0.136. The number of fused-ring (bicyclic) bond motifs is 1. The molecule has 4 rings (SSSR count). The molecule has 2 aromatic carbocycles. The first kappa shape index (κ1) is 18.3. The molecule has 0 bridgehead atoms. The topological polar surface area (TPSA) is 37.6 Å². The molecule has 1 aliphatic heterocycles. The summed E-state index contributed by atoms with van der Waals surface area (Å²) in [4.78, 5) is 2.71. The van der Waals surface area contributed by atoms with Crippen molar-refractivity contribution in [2.75, 3.05) is 0 Å². The first-order valence-corrected chi connectivity index (χ1v) is 9.29. The number of ether oxygens (including phenoxy) is 1. The molecule has 1 aliphatic rings. The van der Waals surface area contributed by atoms with E-state index in [1.807, 2.05) is 30.2 Å². The Kier molecular flexibility index (Phi) is 4.88. The van der Waals surface area contributed by atoms with Gasteiger partial charge in [0.1, 0.15) is 34.3 Å². The number of rotatable bonds is 4. The maximum absolute atomic E-state index is 13.7. The first-order chi connectivity index (χ1) is 13.5. The van der Waals surface area contributed by atoms with E-state index < -0.39 is 0 Å². The summed E-state index contributed by atoms with van der Waals surface area (Å²) >= 11 is 5.65. The van der Waals surface area contributed by atoms with Gasteiger partial charge in [-0.2, -0.15) is 0 Å². The van der Waals surface area contributed by atoms with Crippen LogP contribution >= 0.6 is 12.2 Å². The fourth-order valence-electron chi connectivity index (χ4n) is 3.32. The van der Waals surface area contributed by atoms with Crippen molar-refractivity contribution in [2.45, 2.75) is 20.0 Å². The van der Waals surface area contributed by atoms with E-state index in [1.165, 1.54) is 12.1 Å². The molecule has 1 aromatic heterocycles. The van der Waals surface area contributed by atoms with Gasteiger partial charge in [0.25, 0.3) is 0 Å². The Bertz CT molecular complexity index is 1060. The van der Waals surface area contributed by atoms with Crippen LogP contribution in [0.1, 0.15) is 16.8 Å². The summed E-state index contributed by atoms with van der Waals surface area (Å²) in [6.45, 7) is 3.07. The predicted molar refractivity (Wildman–Crippen MR) is 110 cm³/mol. The third-order valence-corrected chi connectivity index (χ3v) is 5.03. The van der Waals surface area contributed by atoms with Gasteiger partial charge in [-0.1, -0.05) is 24.4 Å². The van der Waals surface area contributed by atoms with Crippen LogP contribution in [0.5, 0.6) is 11.5 Å². The maximum atomic E-state index is 13.7. The second kappa shape index (κ2) is 7.48. The second-order valence-electron chi connectivity index (χ2n) is 6.70. The largest absolute Gasteiger partial charge is 0.508 e. The van der Waals surface area contributed by atoms with Crippen molar-refractivity contribution >= 4 is 22.9 Å². The highest BCUT2D eigenvalue weighted by atomic mass is 32.1. The Labute approximate surface area is 168 Å². The number of hydrogen-bond donors (Lipinski definition) is 1. The first-order valence-electron chi connectivity index (χ1n) is 8.88. The predicted octanol–water partition coefficient (Wildman–Crippen LogP) is 4.86. The number of nitrogens with zero attached hydrogens (tertiary/aromatic N) is 2. The zero-order valence-electron chi connectivity index (χ0n) is 15.3. The van der Waals surface area contributed by atoms with Gasteiger partial charge >= 0.3 is 0 Å². The van der Waals surface area contributed by atoms with E-state index in [0.29, 0.717) is 18.8 Å². The third kappa shape index (κ3) is 3.64. The molecule has 3 aromatic rings. The van der Waals surface area contributed by atoms with E-state index >= 15 is 0 Å². The molecule has 4 nitrogen and oxygen atoms in total. The summed E-state index contributed by atoms with van der Waals surface area (Å²) in [5.74, 6) is 0.505. The summed E-state index contributed by atoms with van der Waals surface area (Å²) < 4.78 is 21.6. The van der Waals surface area contributed by atoms with Crippen LogP contribution in [0.25, 0.3) is 5.70 Å². The zero-order chi connectivity index (χ0) is 19.7. The molecule has 0 radical (unpaired) electrons. The number of phenolic OH excluding ortho intramolecular Hbond substituents is 1. The van der Waals surface area contributed by atoms with Gasteiger partial charge in [-0.25, -0.2) is 4.39 Å². The molecule has 0 saturated carbocycles.